The third kappa shape index (κ3) is 5.95. The van der Waals surface area contributed by atoms with Gasteiger partial charge in [0.05, 0.1) is 24.8 Å². The summed E-state index contributed by atoms with van der Waals surface area (Å²) in [5.41, 5.74) is 3.16. The average molecular weight is 455 g/mol. The zero-order chi connectivity index (χ0) is 23.3. The van der Waals surface area contributed by atoms with Gasteiger partial charge in [-0.05, 0) is 54.4 Å². The molecule has 2 amide bonds. The Labute approximate surface area is 190 Å². The van der Waals surface area contributed by atoms with Crippen molar-refractivity contribution in [2.24, 2.45) is 7.05 Å². The molecule has 0 aliphatic heterocycles. The molecule has 0 radical (unpaired) electrons. The highest BCUT2D eigenvalue weighted by molar-refractivity contribution is 6.30. The fraction of sp³-hybridized carbons (Fsp3) is 0.217. The summed E-state index contributed by atoms with van der Waals surface area (Å²) in [6.07, 6.45) is 0.167. The van der Waals surface area contributed by atoms with Gasteiger partial charge in [0.1, 0.15) is 5.69 Å². The lowest BCUT2D eigenvalue weighted by Gasteiger charge is -2.11. The van der Waals surface area contributed by atoms with Crippen LogP contribution in [0, 0.1) is 6.92 Å². The van der Waals surface area contributed by atoms with Crippen molar-refractivity contribution in [1.82, 2.24) is 15.1 Å². The number of esters is 1. The maximum absolute atomic E-state index is 12.6. The minimum Gasteiger partial charge on any atom is -0.465 e. The van der Waals surface area contributed by atoms with Gasteiger partial charge in [0.25, 0.3) is 5.91 Å². The first-order chi connectivity index (χ1) is 15.2. The molecule has 32 heavy (non-hydrogen) atoms. The van der Waals surface area contributed by atoms with Gasteiger partial charge in [-0.3, -0.25) is 14.3 Å². The summed E-state index contributed by atoms with van der Waals surface area (Å²) < 4.78 is 6.29. The van der Waals surface area contributed by atoms with Gasteiger partial charge in [0, 0.05) is 24.3 Å². The van der Waals surface area contributed by atoms with E-state index in [1.165, 1.54) is 17.9 Å². The van der Waals surface area contributed by atoms with Crippen LogP contribution in [0.5, 0.6) is 0 Å². The predicted octanol–water partition coefficient (Wildman–Crippen LogP) is 3.28. The Bertz CT molecular complexity index is 1170. The molecule has 9 heteroatoms. The van der Waals surface area contributed by atoms with Crippen molar-refractivity contribution in [3.05, 3.63) is 81.6 Å². The fourth-order valence-corrected chi connectivity index (χ4v) is 3.43. The molecule has 0 fully saturated rings. The molecule has 166 valence electrons. The molecule has 0 atom stereocenters. The van der Waals surface area contributed by atoms with E-state index >= 15 is 0 Å². The van der Waals surface area contributed by atoms with E-state index in [0.29, 0.717) is 27.7 Å². The molecule has 8 nitrogen and oxygen atoms in total. The number of carbonyl (C=O) groups excluding carboxylic acids is 3. The number of nitrogens with one attached hydrogen (secondary N) is 2. The number of hydrogen-bond acceptors (Lipinski definition) is 5. The number of carbonyl (C=O) groups is 3. The Kier molecular flexibility index (Phi) is 7.27. The number of ether oxygens (including phenoxy) is 1. The summed E-state index contributed by atoms with van der Waals surface area (Å²) in [6, 6.07) is 13.5. The number of rotatable bonds is 7. The summed E-state index contributed by atoms with van der Waals surface area (Å²) in [5, 5.41) is 10.3. The Hall–Kier alpha value is -3.65. The van der Waals surface area contributed by atoms with Gasteiger partial charge in [0.2, 0.25) is 5.91 Å². The highest BCUT2D eigenvalue weighted by atomic mass is 35.5. The minimum absolute atomic E-state index is 0.165. The van der Waals surface area contributed by atoms with Gasteiger partial charge in [-0.2, -0.15) is 5.10 Å². The van der Waals surface area contributed by atoms with Gasteiger partial charge in [-0.25, -0.2) is 4.79 Å². The first-order valence-corrected chi connectivity index (χ1v) is 10.2. The molecule has 2 aromatic carbocycles. The number of anilines is 1. The zero-order valence-corrected chi connectivity index (χ0v) is 18.7. The van der Waals surface area contributed by atoms with Crippen LogP contribution in [-0.2, 0) is 29.5 Å². The Morgan fingerprint density at radius 1 is 1.09 bits per heavy atom. The van der Waals surface area contributed by atoms with Crippen molar-refractivity contribution in [2.45, 2.75) is 19.9 Å². The third-order valence-corrected chi connectivity index (χ3v) is 4.88. The number of hydrogen-bond donors (Lipinski definition) is 2. The maximum atomic E-state index is 12.6. The molecule has 0 aliphatic rings. The van der Waals surface area contributed by atoms with E-state index in [-0.39, 0.29) is 30.3 Å². The molecular formula is C23H23ClN4O4. The number of amides is 2. The molecule has 0 saturated heterocycles. The molecule has 0 saturated carbocycles. The van der Waals surface area contributed by atoms with E-state index in [1.54, 1.807) is 50.4 Å². The Morgan fingerprint density at radius 2 is 1.88 bits per heavy atom. The van der Waals surface area contributed by atoms with E-state index in [4.69, 9.17) is 16.3 Å². The van der Waals surface area contributed by atoms with Crippen molar-refractivity contribution in [2.75, 3.05) is 12.4 Å². The van der Waals surface area contributed by atoms with Crippen molar-refractivity contribution in [3.8, 4) is 0 Å². The van der Waals surface area contributed by atoms with Crippen molar-refractivity contribution < 1.29 is 19.1 Å². The van der Waals surface area contributed by atoms with Crippen LogP contribution in [0.15, 0.2) is 48.5 Å². The molecule has 3 aromatic rings. The largest absolute Gasteiger partial charge is 0.465 e. The van der Waals surface area contributed by atoms with E-state index in [2.05, 4.69) is 15.7 Å². The van der Waals surface area contributed by atoms with Crippen LogP contribution in [0.2, 0.25) is 5.02 Å². The van der Waals surface area contributed by atoms with Crippen molar-refractivity contribution in [1.29, 1.82) is 0 Å². The predicted molar refractivity (Wildman–Crippen MR) is 121 cm³/mol. The molecule has 1 heterocycles. The molecule has 0 spiro atoms. The van der Waals surface area contributed by atoms with Crippen LogP contribution in [0.25, 0.3) is 0 Å². The van der Waals surface area contributed by atoms with Gasteiger partial charge < -0.3 is 15.4 Å². The first-order valence-electron chi connectivity index (χ1n) is 9.80. The van der Waals surface area contributed by atoms with Gasteiger partial charge in [0.15, 0.2) is 0 Å². The maximum Gasteiger partial charge on any atom is 0.337 e. The number of aromatic nitrogens is 2. The summed E-state index contributed by atoms with van der Waals surface area (Å²) in [5.74, 6) is -1.12. The lowest BCUT2D eigenvalue weighted by molar-refractivity contribution is -0.120. The van der Waals surface area contributed by atoms with Gasteiger partial charge >= 0.3 is 5.97 Å². The minimum atomic E-state index is -0.552. The normalized spacial score (nSPS) is 10.5. The fourth-order valence-electron chi connectivity index (χ4n) is 3.22. The van der Waals surface area contributed by atoms with Crippen LogP contribution in [0.1, 0.15) is 37.7 Å². The molecule has 3 rings (SSSR count). The first kappa shape index (κ1) is 23.0. The average Bonchev–Trinajstić information content (AvgIpc) is 3.09. The molecule has 0 bridgehead atoms. The lowest BCUT2D eigenvalue weighted by Crippen LogP contribution is -2.25. The molecule has 2 N–H and O–H groups in total. The van der Waals surface area contributed by atoms with Crippen molar-refractivity contribution >= 4 is 35.1 Å². The van der Waals surface area contributed by atoms with E-state index in [9.17, 15) is 14.4 Å². The van der Waals surface area contributed by atoms with Gasteiger partial charge in [-0.15, -0.1) is 0 Å². The summed E-state index contributed by atoms with van der Waals surface area (Å²) in [4.78, 5) is 37.1. The highest BCUT2D eigenvalue weighted by Crippen LogP contribution is 2.18. The Morgan fingerprint density at radius 3 is 2.53 bits per heavy atom. The number of nitrogens with zero attached hydrogens (tertiary/aromatic N) is 2. The van der Waals surface area contributed by atoms with Gasteiger partial charge in [-0.1, -0.05) is 23.7 Å². The van der Waals surface area contributed by atoms with E-state index in [1.807, 2.05) is 6.07 Å². The number of benzene rings is 2. The number of halogens is 1. The topological polar surface area (TPSA) is 102 Å². The Balaban J connectivity index is 1.75. The second-order valence-corrected chi connectivity index (χ2v) is 7.68. The number of methoxy groups -OCH3 is 1. The van der Waals surface area contributed by atoms with Crippen molar-refractivity contribution in [3.63, 3.8) is 0 Å². The third-order valence-electron chi connectivity index (χ3n) is 4.65. The monoisotopic (exact) mass is 454 g/mol. The lowest BCUT2D eigenvalue weighted by atomic mass is 10.1. The van der Waals surface area contributed by atoms with E-state index in [0.717, 1.165) is 5.56 Å². The number of aryl methyl sites for hydroxylation is 2. The summed E-state index contributed by atoms with van der Waals surface area (Å²) >= 11 is 5.96. The summed E-state index contributed by atoms with van der Waals surface area (Å²) in [6.45, 7) is 1.96. The molecule has 0 aliphatic carbocycles. The zero-order valence-electron chi connectivity index (χ0n) is 17.9. The molecule has 1 aromatic heterocycles. The second kappa shape index (κ2) is 10.1. The molecular weight excluding hydrogens is 432 g/mol. The van der Waals surface area contributed by atoms with Crippen LogP contribution in [-0.4, -0.2) is 34.7 Å². The smallest absolute Gasteiger partial charge is 0.337 e. The quantitative estimate of drug-likeness (QED) is 0.533. The highest BCUT2D eigenvalue weighted by Gasteiger charge is 2.15. The standard InChI is InChI=1S/C23H23ClN4O4/c1-14-7-20(28(2)27-14)22(30)26-19-10-16(8-17(12-19)23(31)32-3)13-25-21(29)11-15-5-4-6-18(24)9-15/h4-10,12H,11,13H2,1-3H3,(H,25,29)(H,26,30). The van der Waals surface area contributed by atoms with Crippen LogP contribution in [0.3, 0.4) is 0 Å². The molecule has 0 unspecified atom stereocenters. The van der Waals surface area contributed by atoms with Crippen LogP contribution < -0.4 is 10.6 Å². The van der Waals surface area contributed by atoms with Crippen LogP contribution >= 0.6 is 11.6 Å². The summed E-state index contributed by atoms with van der Waals surface area (Å²) in [7, 11) is 2.95. The second-order valence-electron chi connectivity index (χ2n) is 7.24. The van der Waals surface area contributed by atoms with E-state index < -0.39 is 5.97 Å². The SMILES string of the molecule is COC(=O)c1cc(CNC(=O)Cc2cccc(Cl)c2)cc(NC(=O)c2cc(C)nn2C)c1. The van der Waals surface area contributed by atoms with Crippen LogP contribution in [0.4, 0.5) is 5.69 Å².